The molecule has 0 N–H and O–H groups in total. The highest BCUT2D eigenvalue weighted by molar-refractivity contribution is 9.10. The summed E-state index contributed by atoms with van der Waals surface area (Å²) in [6, 6.07) is 12.8. The summed E-state index contributed by atoms with van der Waals surface area (Å²) in [7, 11) is 0. The first kappa shape index (κ1) is 17.9. The Kier molecular flexibility index (Phi) is 4.46. The van der Waals surface area contributed by atoms with Gasteiger partial charge in [-0.3, -0.25) is 4.79 Å². The van der Waals surface area contributed by atoms with E-state index in [0.29, 0.717) is 17.3 Å². The minimum atomic E-state index is -0.276. The molecule has 1 aliphatic carbocycles. The van der Waals surface area contributed by atoms with Gasteiger partial charge < -0.3 is 9.47 Å². The van der Waals surface area contributed by atoms with Crippen molar-refractivity contribution in [2.24, 2.45) is 11.8 Å². The number of likely N-dealkylation sites (tertiary alicyclic amines) is 1. The summed E-state index contributed by atoms with van der Waals surface area (Å²) in [5.41, 5.74) is 2.61. The van der Waals surface area contributed by atoms with E-state index < -0.39 is 0 Å². The molecule has 0 bridgehead atoms. The zero-order valence-electron chi connectivity index (χ0n) is 15.4. The van der Waals surface area contributed by atoms with Gasteiger partial charge in [0.25, 0.3) is 0 Å². The summed E-state index contributed by atoms with van der Waals surface area (Å²) in [6.07, 6.45) is 3.09. The third-order valence-corrected chi connectivity index (χ3v) is 6.31. The lowest BCUT2D eigenvalue weighted by Crippen LogP contribution is -2.30. The van der Waals surface area contributed by atoms with Gasteiger partial charge in [-0.1, -0.05) is 28.1 Å². The molecule has 144 valence electrons. The number of amides is 1. The molecule has 1 amide bonds. The molecule has 5 rings (SSSR count). The molecule has 1 saturated heterocycles. The van der Waals surface area contributed by atoms with E-state index in [4.69, 9.17) is 4.98 Å². The minimum Gasteiger partial charge on any atom is -0.342 e. The maximum Gasteiger partial charge on any atom is 0.225 e. The number of benzene rings is 2. The van der Waals surface area contributed by atoms with Gasteiger partial charge in [-0.05, 0) is 49.4 Å². The van der Waals surface area contributed by atoms with Crippen LogP contribution < -0.4 is 0 Å². The molecule has 1 aromatic heterocycles. The largest absolute Gasteiger partial charge is 0.342 e. The lowest BCUT2D eigenvalue weighted by Gasteiger charge is -2.17. The fourth-order valence-electron chi connectivity index (χ4n) is 4.14. The van der Waals surface area contributed by atoms with Gasteiger partial charge in [0.05, 0.1) is 11.0 Å². The summed E-state index contributed by atoms with van der Waals surface area (Å²) in [6.45, 7) is 2.42. The second-order valence-electron chi connectivity index (χ2n) is 7.90. The fraction of sp³-hybridized carbons (Fsp3) is 0.364. The van der Waals surface area contributed by atoms with Crippen LogP contribution in [0, 0.1) is 17.7 Å². The van der Waals surface area contributed by atoms with Crippen LogP contribution in [0.4, 0.5) is 4.39 Å². The lowest BCUT2D eigenvalue weighted by atomic mass is 10.1. The van der Waals surface area contributed by atoms with Gasteiger partial charge in [-0.25, -0.2) is 9.37 Å². The summed E-state index contributed by atoms with van der Waals surface area (Å²) in [5.74, 6) is 1.56. The first-order valence-electron chi connectivity index (χ1n) is 9.79. The molecule has 1 aliphatic heterocycles. The molecule has 0 spiro atoms. The predicted octanol–water partition coefficient (Wildman–Crippen LogP) is 4.86. The first-order valence-corrected chi connectivity index (χ1v) is 10.6. The highest BCUT2D eigenvalue weighted by Crippen LogP contribution is 2.34. The van der Waals surface area contributed by atoms with Crippen molar-refractivity contribution in [1.82, 2.24) is 14.5 Å². The molecule has 3 aromatic rings. The summed E-state index contributed by atoms with van der Waals surface area (Å²) < 4.78 is 17.0. The number of carbonyl (C=O) groups excluding carboxylic acids is 1. The SMILES string of the molecule is O=C(C1CC1)N1CC[C@H](Cn2c(-c3ccc(Br)cc3)nc3cc(F)ccc32)C1. The van der Waals surface area contributed by atoms with Crippen molar-refractivity contribution in [2.45, 2.75) is 25.8 Å². The van der Waals surface area contributed by atoms with E-state index in [-0.39, 0.29) is 11.7 Å². The van der Waals surface area contributed by atoms with Gasteiger partial charge in [-0.2, -0.15) is 0 Å². The van der Waals surface area contributed by atoms with Crippen molar-refractivity contribution in [3.63, 3.8) is 0 Å². The zero-order chi connectivity index (χ0) is 19.3. The predicted molar refractivity (Wildman–Crippen MR) is 110 cm³/mol. The van der Waals surface area contributed by atoms with Crippen LogP contribution in [0.25, 0.3) is 22.4 Å². The number of imidazole rings is 1. The number of aromatic nitrogens is 2. The van der Waals surface area contributed by atoms with E-state index in [9.17, 15) is 9.18 Å². The molecule has 6 heteroatoms. The van der Waals surface area contributed by atoms with Crippen LogP contribution in [0.1, 0.15) is 19.3 Å². The number of rotatable bonds is 4. The van der Waals surface area contributed by atoms with E-state index in [1.807, 2.05) is 35.2 Å². The first-order chi connectivity index (χ1) is 13.6. The number of hydrogen-bond acceptors (Lipinski definition) is 2. The maximum absolute atomic E-state index is 13.8. The smallest absolute Gasteiger partial charge is 0.225 e. The van der Waals surface area contributed by atoms with Gasteiger partial charge >= 0.3 is 0 Å². The molecular formula is C22H21BrFN3O. The van der Waals surface area contributed by atoms with Crippen LogP contribution in [-0.2, 0) is 11.3 Å². The van der Waals surface area contributed by atoms with Crippen molar-refractivity contribution in [1.29, 1.82) is 0 Å². The summed E-state index contributed by atoms with van der Waals surface area (Å²) in [5, 5.41) is 0. The topological polar surface area (TPSA) is 38.1 Å². The number of halogens is 2. The Labute approximate surface area is 171 Å². The average Bonchev–Trinajstić information content (AvgIpc) is 3.34. The second-order valence-corrected chi connectivity index (χ2v) is 8.81. The van der Waals surface area contributed by atoms with Crippen LogP contribution in [0.15, 0.2) is 46.9 Å². The molecule has 0 unspecified atom stereocenters. The molecule has 1 atom stereocenters. The van der Waals surface area contributed by atoms with E-state index in [2.05, 4.69) is 20.5 Å². The molecule has 2 aliphatic rings. The zero-order valence-corrected chi connectivity index (χ0v) is 17.0. The Balaban J connectivity index is 1.48. The number of carbonyl (C=O) groups is 1. The lowest BCUT2D eigenvalue weighted by molar-refractivity contribution is -0.131. The molecular weight excluding hydrogens is 421 g/mol. The maximum atomic E-state index is 13.8. The van der Waals surface area contributed by atoms with Crippen LogP contribution >= 0.6 is 15.9 Å². The van der Waals surface area contributed by atoms with Gasteiger partial charge in [0.1, 0.15) is 11.6 Å². The molecule has 2 heterocycles. The molecule has 4 nitrogen and oxygen atoms in total. The van der Waals surface area contributed by atoms with E-state index in [1.54, 1.807) is 0 Å². The quantitative estimate of drug-likeness (QED) is 0.579. The molecule has 2 aromatic carbocycles. The normalized spacial score (nSPS) is 19.5. The van der Waals surface area contributed by atoms with Crippen LogP contribution in [0.3, 0.4) is 0 Å². The Morgan fingerprint density at radius 2 is 1.93 bits per heavy atom. The molecule has 1 saturated carbocycles. The Morgan fingerprint density at radius 3 is 2.68 bits per heavy atom. The Bertz CT molecular complexity index is 1040. The van der Waals surface area contributed by atoms with Crippen LogP contribution in [0.5, 0.6) is 0 Å². The van der Waals surface area contributed by atoms with Gasteiger partial charge in [0.15, 0.2) is 0 Å². The fourth-order valence-corrected chi connectivity index (χ4v) is 4.40. The minimum absolute atomic E-state index is 0.272. The number of nitrogens with zero attached hydrogens (tertiary/aromatic N) is 3. The third kappa shape index (κ3) is 3.34. The highest BCUT2D eigenvalue weighted by Gasteiger charge is 2.36. The van der Waals surface area contributed by atoms with E-state index in [0.717, 1.165) is 60.3 Å². The Hall–Kier alpha value is -2.21. The van der Waals surface area contributed by atoms with E-state index >= 15 is 0 Å². The molecule has 28 heavy (non-hydrogen) atoms. The second kappa shape index (κ2) is 6.99. The molecule has 0 radical (unpaired) electrons. The van der Waals surface area contributed by atoms with Crippen molar-refractivity contribution < 1.29 is 9.18 Å². The monoisotopic (exact) mass is 441 g/mol. The summed E-state index contributed by atoms with van der Waals surface area (Å²) in [4.78, 5) is 19.1. The van der Waals surface area contributed by atoms with Crippen molar-refractivity contribution >= 4 is 32.9 Å². The van der Waals surface area contributed by atoms with Gasteiger partial charge in [0, 0.05) is 41.7 Å². The van der Waals surface area contributed by atoms with Crippen molar-refractivity contribution in [2.75, 3.05) is 13.1 Å². The molecule has 2 fully saturated rings. The highest BCUT2D eigenvalue weighted by atomic mass is 79.9. The van der Waals surface area contributed by atoms with Gasteiger partial charge in [-0.15, -0.1) is 0 Å². The number of fused-ring (bicyclic) bond motifs is 1. The average molecular weight is 442 g/mol. The standard InChI is InChI=1S/C22H21BrFN3O/c23-17-5-3-15(4-6-17)21-25-19-11-18(24)7-8-20(19)27(21)13-14-9-10-26(12-14)22(28)16-1-2-16/h3-8,11,14,16H,1-2,9-10,12-13H2/t14-/m0/s1. The van der Waals surface area contributed by atoms with Gasteiger partial charge in [0.2, 0.25) is 5.91 Å². The van der Waals surface area contributed by atoms with Crippen LogP contribution in [-0.4, -0.2) is 33.4 Å². The van der Waals surface area contributed by atoms with Crippen LogP contribution in [0.2, 0.25) is 0 Å². The summed E-state index contributed by atoms with van der Waals surface area (Å²) >= 11 is 3.47. The van der Waals surface area contributed by atoms with E-state index in [1.165, 1.54) is 12.1 Å². The third-order valence-electron chi connectivity index (χ3n) is 5.78. The van der Waals surface area contributed by atoms with Crippen molar-refractivity contribution in [3.8, 4) is 11.4 Å². The number of hydrogen-bond donors (Lipinski definition) is 0. The van der Waals surface area contributed by atoms with Crippen molar-refractivity contribution in [3.05, 3.63) is 52.8 Å². The Morgan fingerprint density at radius 1 is 1.14 bits per heavy atom.